The lowest BCUT2D eigenvalue weighted by Crippen LogP contribution is -2.40. The SMILES string of the molecule is CC(C)Oc1ccccc1N1[CH]CNCC1. The molecular weight excluding hydrogens is 200 g/mol. The first kappa shape index (κ1) is 11.3. The van der Waals surface area contributed by atoms with Gasteiger partial charge in [0.15, 0.2) is 0 Å². The molecule has 0 atom stereocenters. The van der Waals surface area contributed by atoms with Crippen molar-refractivity contribution in [2.75, 3.05) is 24.5 Å². The van der Waals surface area contributed by atoms with Crippen LogP contribution in [0.4, 0.5) is 5.69 Å². The summed E-state index contributed by atoms with van der Waals surface area (Å²) in [5.74, 6) is 0.968. The molecule has 0 unspecified atom stereocenters. The highest BCUT2D eigenvalue weighted by Crippen LogP contribution is 2.29. The molecule has 3 nitrogen and oxygen atoms in total. The van der Waals surface area contributed by atoms with Gasteiger partial charge in [0.25, 0.3) is 0 Å². The molecule has 1 radical (unpaired) electrons. The number of benzene rings is 1. The van der Waals surface area contributed by atoms with E-state index in [2.05, 4.69) is 42.7 Å². The minimum absolute atomic E-state index is 0.212. The van der Waals surface area contributed by atoms with Gasteiger partial charge in [0, 0.05) is 19.6 Å². The molecule has 3 heteroatoms. The zero-order valence-electron chi connectivity index (χ0n) is 9.94. The van der Waals surface area contributed by atoms with Crippen LogP contribution in [0.2, 0.25) is 0 Å². The quantitative estimate of drug-likeness (QED) is 0.842. The maximum absolute atomic E-state index is 5.82. The molecule has 2 rings (SSSR count). The molecule has 1 heterocycles. The topological polar surface area (TPSA) is 24.5 Å². The summed E-state index contributed by atoms with van der Waals surface area (Å²) < 4.78 is 5.82. The van der Waals surface area contributed by atoms with Crippen LogP contribution < -0.4 is 15.0 Å². The molecule has 87 valence electrons. The Morgan fingerprint density at radius 2 is 2.12 bits per heavy atom. The van der Waals surface area contributed by atoms with Crippen LogP contribution in [0, 0.1) is 6.54 Å². The van der Waals surface area contributed by atoms with Gasteiger partial charge >= 0.3 is 0 Å². The summed E-state index contributed by atoms with van der Waals surface area (Å²) in [6.45, 7) is 9.23. The molecule has 1 aromatic rings. The second kappa shape index (κ2) is 5.21. The van der Waals surface area contributed by atoms with Crippen molar-refractivity contribution in [3.8, 4) is 5.75 Å². The van der Waals surface area contributed by atoms with Gasteiger partial charge in [-0.1, -0.05) is 12.1 Å². The van der Waals surface area contributed by atoms with E-state index in [1.54, 1.807) is 0 Å². The first-order valence-corrected chi connectivity index (χ1v) is 5.84. The van der Waals surface area contributed by atoms with Crippen LogP contribution >= 0.6 is 0 Å². The average Bonchev–Trinajstić information content (AvgIpc) is 2.30. The van der Waals surface area contributed by atoms with Gasteiger partial charge in [0.05, 0.1) is 18.3 Å². The van der Waals surface area contributed by atoms with Crippen LogP contribution in [-0.4, -0.2) is 25.7 Å². The van der Waals surface area contributed by atoms with Crippen molar-refractivity contribution in [2.24, 2.45) is 0 Å². The van der Waals surface area contributed by atoms with Gasteiger partial charge in [-0.15, -0.1) is 0 Å². The van der Waals surface area contributed by atoms with Crippen molar-refractivity contribution in [3.05, 3.63) is 30.8 Å². The average molecular weight is 219 g/mol. The van der Waals surface area contributed by atoms with Crippen LogP contribution in [0.15, 0.2) is 24.3 Å². The molecule has 0 aliphatic carbocycles. The predicted octanol–water partition coefficient (Wildman–Crippen LogP) is 2.05. The highest BCUT2D eigenvalue weighted by molar-refractivity contribution is 5.60. The Hall–Kier alpha value is -1.22. The lowest BCUT2D eigenvalue weighted by molar-refractivity contribution is 0.243. The van der Waals surface area contributed by atoms with Crippen molar-refractivity contribution in [3.63, 3.8) is 0 Å². The van der Waals surface area contributed by atoms with Gasteiger partial charge in [0.1, 0.15) is 5.75 Å². The summed E-state index contributed by atoms with van der Waals surface area (Å²) >= 11 is 0. The highest BCUT2D eigenvalue weighted by Gasteiger charge is 2.15. The van der Waals surface area contributed by atoms with Crippen LogP contribution in [0.25, 0.3) is 0 Å². The van der Waals surface area contributed by atoms with E-state index in [1.165, 1.54) is 0 Å². The van der Waals surface area contributed by atoms with E-state index in [0.717, 1.165) is 31.1 Å². The first-order valence-electron chi connectivity index (χ1n) is 5.84. The molecule has 0 amide bonds. The van der Waals surface area contributed by atoms with Gasteiger partial charge < -0.3 is 15.0 Å². The second-order valence-corrected chi connectivity index (χ2v) is 4.21. The molecule has 1 aliphatic heterocycles. The number of rotatable bonds is 3. The first-order chi connectivity index (χ1) is 7.77. The van der Waals surface area contributed by atoms with Crippen LogP contribution in [0.5, 0.6) is 5.75 Å². The molecule has 0 aromatic heterocycles. The third-order valence-electron chi connectivity index (χ3n) is 2.52. The fourth-order valence-corrected chi connectivity index (χ4v) is 1.83. The molecule has 1 aromatic carbocycles. The largest absolute Gasteiger partial charge is 0.489 e. The minimum atomic E-state index is 0.212. The summed E-state index contributed by atoms with van der Waals surface area (Å²) in [4.78, 5) is 2.26. The van der Waals surface area contributed by atoms with E-state index in [9.17, 15) is 0 Å². The molecular formula is C13H19N2O. The van der Waals surface area contributed by atoms with Gasteiger partial charge in [-0.2, -0.15) is 0 Å². The third kappa shape index (κ3) is 2.67. The molecule has 1 aliphatic rings. The second-order valence-electron chi connectivity index (χ2n) is 4.21. The third-order valence-corrected chi connectivity index (χ3v) is 2.52. The highest BCUT2D eigenvalue weighted by atomic mass is 16.5. The lowest BCUT2D eigenvalue weighted by atomic mass is 10.2. The van der Waals surface area contributed by atoms with Crippen molar-refractivity contribution in [2.45, 2.75) is 20.0 Å². The Balaban J connectivity index is 2.17. The molecule has 0 saturated carbocycles. The van der Waals surface area contributed by atoms with Crippen molar-refractivity contribution in [1.29, 1.82) is 0 Å². The van der Waals surface area contributed by atoms with Gasteiger partial charge in [-0.3, -0.25) is 0 Å². The molecule has 1 saturated heterocycles. The van der Waals surface area contributed by atoms with E-state index >= 15 is 0 Å². The van der Waals surface area contributed by atoms with Crippen molar-refractivity contribution < 1.29 is 4.74 Å². The van der Waals surface area contributed by atoms with Crippen molar-refractivity contribution in [1.82, 2.24) is 5.32 Å². The molecule has 0 bridgehead atoms. The van der Waals surface area contributed by atoms with E-state index in [4.69, 9.17) is 4.74 Å². The summed E-state index contributed by atoms with van der Waals surface area (Å²) in [7, 11) is 0. The maximum Gasteiger partial charge on any atom is 0.142 e. The fraction of sp³-hybridized carbons (Fsp3) is 0.462. The van der Waals surface area contributed by atoms with Crippen LogP contribution in [-0.2, 0) is 0 Å². The number of piperazine rings is 1. The zero-order valence-corrected chi connectivity index (χ0v) is 9.94. The monoisotopic (exact) mass is 219 g/mol. The maximum atomic E-state index is 5.82. The summed E-state index contributed by atoms with van der Waals surface area (Å²) in [5.41, 5.74) is 1.16. The van der Waals surface area contributed by atoms with Gasteiger partial charge in [-0.25, -0.2) is 0 Å². The molecule has 1 fully saturated rings. The fourth-order valence-electron chi connectivity index (χ4n) is 1.83. The summed E-state index contributed by atoms with van der Waals surface area (Å²) in [6.07, 6.45) is 0.212. The van der Waals surface area contributed by atoms with Gasteiger partial charge in [-0.05, 0) is 26.0 Å². The lowest BCUT2D eigenvalue weighted by Gasteiger charge is -2.30. The Morgan fingerprint density at radius 3 is 2.81 bits per heavy atom. The number of nitrogens with zero attached hydrogens (tertiary/aromatic N) is 1. The molecule has 0 spiro atoms. The van der Waals surface area contributed by atoms with Crippen LogP contribution in [0.1, 0.15) is 13.8 Å². The Labute approximate surface area is 97.4 Å². The molecule has 16 heavy (non-hydrogen) atoms. The Kier molecular flexibility index (Phi) is 3.67. The molecule has 1 N–H and O–H groups in total. The summed E-state index contributed by atoms with van der Waals surface area (Å²) in [5, 5.41) is 3.31. The number of ether oxygens (including phenoxy) is 1. The normalized spacial score (nSPS) is 16.6. The van der Waals surface area contributed by atoms with Crippen molar-refractivity contribution >= 4 is 5.69 Å². The van der Waals surface area contributed by atoms with E-state index in [0.29, 0.717) is 0 Å². The van der Waals surface area contributed by atoms with E-state index < -0.39 is 0 Å². The summed E-state index contributed by atoms with van der Waals surface area (Å²) in [6, 6.07) is 8.21. The number of para-hydroxylation sites is 2. The Morgan fingerprint density at radius 1 is 1.31 bits per heavy atom. The predicted molar refractivity (Wildman–Crippen MR) is 66.7 cm³/mol. The van der Waals surface area contributed by atoms with Gasteiger partial charge in [0.2, 0.25) is 0 Å². The minimum Gasteiger partial charge on any atom is -0.489 e. The number of hydrogen-bond acceptors (Lipinski definition) is 3. The van der Waals surface area contributed by atoms with Crippen LogP contribution in [0.3, 0.4) is 0 Å². The standard InChI is InChI=1S/C13H19N2O/c1-11(2)16-13-6-4-3-5-12(13)15-9-7-14-8-10-15/h3-6,9,11,14H,7-8,10H2,1-2H3. The smallest absolute Gasteiger partial charge is 0.142 e. The van der Waals surface area contributed by atoms with E-state index in [-0.39, 0.29) is 6.10 Å². The number of anilines is 1. The Bertz CT molecular complexity index is 332. The number of hydrogen-bond donors (Lipinski definition) is 1. The number of nitrogens with one attached hydrogen (secondary N) is 1. The zero-order chi connectivity index (χ0) is 11.4. The van der Waals surface area contributed by atoms with E-state index in [1.807, 2.05) is 12.1 Å².